The Kier molecular flexibility index (Phi) is 7.19. The van der Waals surface area contributed by atoms with Crippen LogP contribution in [0.25, 0.3) is 11.4 Å². The minimum atomic E-state index is -0.527. The Hall–Kier alpha value is -3.46. The van der Waals surface area contributed by atoms with Crippen LogP contribution in [-0.2, 0) is 11.3 Å². The fourth-order valence-corrected chi connectivity index (χ4v) is 3.72. The van der Waals surface area contributed by atoms with E-state index in [0.717, 1.165) is 5.56 Å². The van der Waals surface area contributed by atoms with Crippen molar-refractivity contribution in [2.24, 2.45) is 0 Å². The van der Waals surface area contributed by atoms with E-state index in [1.807, 2.05) is 16.7 Å². The van der Waals surface area contributed by atoms with Crippen molar-refractivity contribution >= 4 is 29.0 Å². The zero-order valence-corrected chi connectivity index (χ0v) is 18.1. The van der Waals surface area contributed by atoms with Crippen molar-refractivity contribution in [2.75, 3.05) is 11.1 Å². The molecular weight excluding hydrogens is 414 g/mol. The molecule has 8 nitrogen and oxygen atoms in total. The molecule has 1 N–H and O–H groups in total. The van der Waals surface area contributed by atoms with E-state index in [-0.39, 0.29) is 23.0 Å². The minimum absolute atomic E-state index is 0.0353. The van der Waals surface area contributed by atoms with Crippen molar-refractivity contribution in [2.45, 2.75) is 31.5 Å². The van der Waals surface area contributed by atoms with Gasteiger partial charge in [-0.15, -0.1) is 16.8 Å². The first kappa shape index (κ1) is 22.2. The molecule has 160 valence electrons. The highest BCUT2D eigenvalue weighted by molar-refractivity contribution is 7.99. The van der Waals surface area contributed by atoms with Gasteiger partial charge in [0.1, 0.15) is 5.69 Å². The number of aromatic nitrogens is 3. The van der Waals surface area contributed by atoms with Crippen LogP contribution in [0.15, 0.2) is 66.3 Å². The standard InChI is InChI=1S/C22H23N5O3S/c1-4-13-26-21(17-11-9-16(10-12-17)15(2)3)24-25-22(26)31-14-20(28)23-18-7-5-6-8-19(18)27(29)30/h4-12,15H,1,13-14H2,2-3H3,(H,23,28). The molecule has 0 unspecified atom stereocenters. The summed E-state index contributed by atoms with van der Waals surface area (Å²) in [6.07, 6.45) is 1.74. The molecule has 3 aromatic rings. The van der Waals surface area contributed by atoms with Crippen LogP contribution in [0.2, 0.25) is 0 Å². The quantitative estimate of drug-likeness (QED) is 0.221. The minimum Gasteiger partial charge on any atom is -0.320 e. The van der Waals surface area contributed by atoms with Gasteiger partial charge >= 0.3 is 0 Å². The number of nitro groups is 1. The number of thioether (sulfide) groups is 1. The lowest BCUT2D eigenvalue weighted by Gasteiger charge is -2.10. The highest BCUT2D eigenvalue weighted by atomic mass is 32.2. The molecule has 0 bridgehead atoms. The Morgan fingerprint density at radius 2 is 1.94 bits per heavy atom. The normalized spacial score (nSPS) is 10.8. The zero-order valence-electron chi connectivity index (χ0n) is 17.3. The number of hydrogen-bond acceptors (Lipinski definition) is 6. The van der Waals surface area contributed by atoms with Crippen molar-refractivity contribution in [1.29, 1.82) is 0 Å². The monoisotopic (exact) mass is 437 g/mol. The fourth-order valence-electron chi connectivity index (χ4n) is 2.97. The van der Waals surface area contributed by atoms with Gasteiger partial charge in [-0.05, 0) is 17.5 Å². The molecule has 1 amide bonds. The van der Waals surface area contributed by atoms with Crippen molar-refractivity contribution in [3.05, 3.63) is 76.9 Å². The number of anilines is 1. The maximum atomic E-state index is 12.4. The molecule has 31 heavy (non-hydrogen) atoms. The molecule has 0 aliphatic rings. The first-order chi connectivity index (χ1) is 14.9. The Morgan fingerprint density at radius 3 is 2.58 bits per heavy atom. The maximum absolute atomic E-state index is 12.4. The second-order valence-corrected chi connectivity index (χ2v) is 8.04. The SMILES string of the molecule is C=CCn1c(SCC(=O)Nc2ccccc2[N+](=O)[O-])nnc1-c1ccc(C(C)C)cc1. The van der Waals surface area contributed by atoms with Crippen LogP contribution >= 0.6 is 11.8 Å². The third-order valence-corrected chi connectivity index (χ3v) is 5.54. The number of nitro benzene ring substituents is 1. The van der Waals surface area contributed by atoms with Gasteiger partial charge in [-0.3, -0.25) is 19.5 Å². The molecule has 0 radical (unpaired) electrons. The van der Waals surface area contributed by atoms with Gasteiger partial charge in [0.25, 0.3) is 5.69 Å². The second-order valence-electron chi connectivity index (χ2n) is 7.09. The average Bonchev–Trinajstić information content (AvgIpc) is 3.15. The second kappa shape index (κ2) is 10.0. The molecule has 3 rings (SSSR count). The Bertz CT molecular complexity index is 1090. The third kappa shape index (κ3) is 5.37. The van der Waals surface area contributed by atoms with Gasteiger partial charge in [-0.25, -0.2) is 0 Å². The number of carbonyl (C=O) groups is 1. The van der Waals surface area contributed by atoms with Gasteiger partial charge in [-0.2, -0.15) is 0 Å². The van der Waals surface area contributed by atoms with Gasteiger partial charge < -0.3 is 5.32 Å². The van der Waals surface area contributed by atoms with Crippen molar-refractivity contribution in [3.63, 3.8) is 0 Å². The van der Waals surface area contributed by atoms with E-state index < -0.39 is 4.92 Å². The number of benzene rings is 2. The number of nitrogens with one attached hydrogen (secondary N) is 1. The summed E-state index contributed by atoms with van der Waals surface area (Å²) >= 11 is 1.21. The smallest absolute Gasteiger partial charge is 0.292 e. The molecule has 0 aliphatic carbocycles. The maximum Gasteiger partial charge on any atom is 0.292 e. The summed E-state index contributed by atoms with van der Waals surface area (Å²) in [5, 5.41) is 22.8. The summed E-state index contributed by atoms with van der Waals surface area (Å²) in [5.41, 5.74) is 2.18. The first-order valence-electron chi connectivity index (χ1n) is 9.71. The Labute approximate surface area is 184 Å². The Balaban J connectivity index is 1.74. The van der Waals surface area contributed by atoms with Crippen LogP contribution in [0.1, 0.15) is 25.3 Å². The van der Waals surface area contributed by atoms with Gasteiger partial charge in [0.2, 0.25) is 5.91 Å². The molecule has 2 aromatic carbocycles. The summed E-state index contributed by atoms with van der Waals surface area (Å²) < 4.78 is 1.89. The third-order valence-electron chi connectivity index (χ3n) is 4.57. The summed E-state index contributed by atoms with van der Waals surface area (Å²) in [5.74, 6) is 0.797. The van der Waals surface area contributed by atoms with Gasteiger partial charge in [0.15, 0.2) is 11.0 Å². The molecule has 0 fully saturated rings. The number of allylic oxidation sites excluding steroid dienone is 1. The van der Waals surface area contributed by atoms with E-state index in [0.29, 0.717) is 23.4 Å². The van der Waals surface area contributed by atoms with Gasteiger partial charge in [0.05, 0.1) is 10.7 Å². The van der Waals surface area contributed by atoms with Crippen molar-refractivity contribution in [3.8, 4) is 11.4 Å². The van der Waals surface area contributed by atoms with E-state index in [4.69, 9.17) is 0 Å². The van der Waals surface area contributed by atoms with Gasteiger partial charge in [-0.1, -0.05) is 68.1 Å². The molecule has 1 aromatic heterocycles. The highest BCUT2D eigenvalue weighted by Crippen LogP contribution is 2.27. The topological polar surface area (TPSA) is 103 Å². The fraction of sp³-hybridized carbons (Fsp3) is 0.227. The summed E-state index contributed by atoms with van der Waals surface area (Å²) in [6, 6.07) is 14.2. The summed E-state index contributed by atoms with van der Waals surface area (Å²) in [4.78, 5) is 23.0. The lowest BCUT2D eigenvalue weighted by atomic mass is 10.0. The number of rotatable bonds is 9. The van der Waals surface area contributed by atoms with E-state index in [9.17, 15) is 14.9 Å². The average molecular weight is 438 g/mol. The number of nitrogens with zero attached hydrogens (tertiary/aromatic N) is 4. The van der Waals surface area contributed by atoms with Gasteiger partial charge in [0, 0.05) is 18.2 Å². The van der Waals surface area contributed by atoms with E-state index in [2.05, 4.69) is 48.1 Å². The highest BCUT2D eigenvalue weighted by Gasteiger charge is 2.18. The van der Waals surface area contributed by atoms with Crippen LogP contribution < -0.4 is 5.32 Å². The van der Waals surface area contributed by atoms with Crippen molar-refractivity contribution < 1.29 is 9.72 Å². The largest absolute Gasteiger partial charge is 0.320 e. The first-order valence-corrected chi connectivity index (χ1v) is 10.7. The van der Waals surface area contributed by atoms with Crippen molar-refractivity contribution in [1.82, 2.24) is 14.8 Å². The summed E-state index contributed by atoms with van der Waals surface area (Å²) in [6.45, 7) is 8.56. The molecular formula is C22H23N5O3S. The molecule has 0 spiro atoms. The molecule has 0 saturated carbocycles. The molecule has 0 atom stereocenters. The number of amides is 1. The Morgan fingerprint density at radius 1 is 1.23 bits per heavy atom. The number of hydrogen-bond donors (Lipinski definition) is 1. The number of para-hydroxylation sites is 2. The van der Waals surface area contributed by atoms with E-state index >= 15 is 0 Å². The van der Waals surface area contributed by atoms with E-state index in [1.165, 1.54) is 29.5 Å². The predicted octanol–water partition coefficient (Wildman–Crippen LogP) is 4.89. The number of carbonyl (C=O) groups excluding carboxylic acids is 1. The molecule has 0 saturated heterocycles. The van der Waals surface area contributed by atoms with Crippen LogP contribution in [0.5, 0.6) is 0 Å². The van der Waals surface area contributed by atoms with Crippen LogP contribution in [0, 0.1) is 10.1 Å². The van der Waals surface area contributed by atoms with Crippen LogP contribution in [0.4, 0.5) is 11.4 Å². The lowest BCUT2D eigenvalue weighted by Crippen LogP contribution is -2.15. The van der Waals surface area contributed by atoms with Crippen LogP contribution in [0.3, 0.4) is 0 Å². The molecule has 1 heterocycles. The zero-order chi connectivity index (χ0) is 22.4. The lowest BCUT2D eigenvalue weighted by molar-refractivity contribution is -0.383. The van der Waals surface area contributed by atoms with E-state index in [1.54, 1.807) is 18.2 Å². The van der Waals surface area contributed by atoms with Crippen LogP contribution in [-0.4, -0.2) is 31.3 Å². The molecule has 9 heteroatoms. The molecule has 0 aliphatic heterocycles. The summed E-state index contributed by atoms with van der Waals surface area (Å²) in [7, 11) is 0. The predicted molar refractivity (Wildman–Crippen MR) is 122 cm³/mol.